The summed E-state index contributed by atoms with van der Waals surface area (Å²) >= 11 is 5.80. The largest absolute Gasteiger partial charge is 0.368 e. The molecule has 4 aromatic rings. The zero-order valence-corrected chi connectivity index (χ0v) is 22.7. The van der Waals surface area contributed by atoms with E-state index in [1.165, 1.54) is 6.20 Å². The Morgan fingerprint density at radius 3 is 2.62 bits per heavy atom. The van der Waals surface area contributed by atoms with Gasteiger partial charge in [0.2, 0.25) is 11.9 Å². The van der Waals surface area contributed by atoms with Crippen molar-refractivity contribution in [3.8, 4) is 11.3 Å². The molecular formula is C27H23ClF3N9O2. The molecule has 0 radical (unpaired) electrons. The monoisotopic (exact) mass is 597 g/mol. The highest BCUT2D eigenvalue weighted by Gasteiger charge is 2.55. The number of carbonyl (C=O) groups excluding carboxylic acids is 2. The number of piperidine rings is 1. The van der Waals surface area contributed by atoms with Gasteiger partial charge in [0, 0.05) is 41.8 Å². The van der Waals surface area contributed by atoms with Crippen molar-refractivity contribution in [2.75, 3.05) is 16.8 Å². The first-order valence-electron chi connectivity index (χ1n) is 12.9. The first-order chi connectivity index (χ1) is 20.1. The van der Waals surface area contributed by atoms with Crippen LogP contribution in [0.15, 0.2) is 49.3 Å². The zero-order chi connectivity index (χ0) is 29.7. The fourth-order valence-corrected chi connectivity index (χ4v) is 5.45. The molecule has 1 aromatic carbocycles. The maximum absolute atomic E-state index is 14.7. The van der Waals surface area contributed by atoms with Crippen molar-refractivity contribution in [3.05, 3.63) is 77.0 Å². The second-order valence-electron chi connectivity index (χ2n) is 10.2. The second kappa shape index (κ2) is 10.7. The SMILES string of the molecule is CC(c1cnc(N2C[C@H]3C[C@H]3[C@H]2C(N)=O)nc1)n1cc(NC(=O)c2cncc(-c3c(C(F)F)ccc(Cl)c3F)n2)cn1. The quantitative estimate of drug-likeness (QED) is 0.310. The van der Waals surface area contributed by atoms with E-state index in [1.54, 1.807) is 23.3 Å². The van der Waals surface area contributed by atoms with Crippen LogP contribution in [-0.4, -0.2) is 54.1 Å². The van der Waals surface area contributed by atoms with Gasteiger partial charge in [-0.05, 0) is 31.2 Å². The molecule has 15 heteroatoms. The molecular weight excluding hydrogens is 575 g/mol. The number of fused-ring (bicyclic) bond motifs is 1. The number of alkyl halides is 2. The molecule has 1 aliphatic carbocycles. The number of benzene rings is 1. The number of anilines is 2. The molecule has 6 rings (SSSR count). The number of hydrogen-bond acceptors (Lipinski definition) is 8. The number of nitrogens with two attached hydrogens (primary N) is 1. The fourth-order valence-electron chi connectivity index (χ4n) is 5.30. The molecule has 4 atom stereocenters. The van der Waals surface area contributed by atoms with Crippen LogP contribution in [0.5, 0.6) is 0 Å². The van der Waals surface area contributed by atoms with Gasteiger partial charge in [-0.3, -0.25) is 19.3 Å². The van der Waals surface area contributed by atoms with Gasteiger partial charge in [0.15, 0.2) is 5.82 Å². The Hall–Kier alpha value is -4.59. The average Bonchev–Trinajstić information content (AvgIpc) is 3.39. The number of halogens is 4. The van der Waals surface area contributed by atoms with Crippen LogP contribution in [-0.2, 0) is 4.79 Å². The van der Waals surface area contributed by atoms with Crippen LogP contribution in [0.4, 0.5) is 24.8 Å². The molecule has 2 amide bonds. The average molecular weight is 598 g/mol. The Kier molecular flexibility index (Phi) is 7.01. The molecule has 2 fully saturated rings. The number of nitrogens with one attached hydrogen (secondary N) is 1. The third kappa shape index (κ3) is 5.02. The number of primary amides is 1. The summed E-state index contributed by atoms with van der Waals surface area (Å²) in [5, 5.41) is 6.56. The lowest BCUT2D eigenvalue weighted by atomic mass is 10.0. The van der Waals surface area contributed by atoms with Crippen molar-refractivity contribution >= 4 is 35.1 Å². The molecule has 2 aliphatic rings. The van der Waals surface area contributed by atoms with Crippen LogP contribution in [0.1, 0.15) is 47.4 Å². The van der Waals surface area contributed by atoms with Gasteiger partial charge in [-0.2, -0.15) is 5.10 Å². The fraction of sp³-hybridized carbons (Fsp3) is 0.296. The topological polar surface area (TPSA) is 145 Å². The number of carbonyl (C=O) groups is 2. The van der Waals surface area contributed by atoms with Crippen molar-refractivity contribution in [1.82, 2.24) is 29.7 Å². The molecule has 1 saturated carbocycles. The van der Waals surface area contributed by atoms with E-state index in [-0.39, 0.29) is 34.3 Å². The van der Waals surface area contributed by atoms with Crippen molar-refractivity contribution in [2.24, 2.45) is 17.6 Å². The maximum Gasteiger partial charge on any atom is 0.275 e. The molecule has 11 nitrogen and oxygen atoms in total. The summed E-state index contributed by atoms with van der Waals surface area (Å²) in [4.78, 5) is 43.5. The lowest BCUT2D eigenvalue weighted by Crippen LogP contribution is -2.44. The minimum atomic E-state index is -3.00. The van der Waals surface area contributed by atoms with Crippen molar-refractivity contribution < 1.29 is 22.8 Å². The Bertz CT molecular complexity index is 1680. The standard InChI is InChI=1S/C27H23ClF3N9O2/c1-12(14-5-34-27(35-6-14)39-10-13-4-17(13)23(39)25(32)41)40-11-15(7-36-40)37-26(42)20-9-33-8-19(38-20)21-16(24(30)31)2-3-18(28)22(21)29/h2-3,5-9,11-13,17,23-24H,4,10H2,1H3,(H2,32,41)(H,37,42)/t12?,13-,17-,23+/m1/s1. The Morgan fingerprint density at radius 2 is 1.90 bits per heavy atom. The van der Waals surface area contributed by atoms with Gasteiger partial charge in [0.05, 0.1) is 41.0 Å². The molecule has 1 aliphatic heterocycles. The minimum Gasteiger partial charge on any atom is -0.368 e. The highest BCUT2D eigenvalue weighted by Crippen LogP contribution is 2.50. The van der Waals surface area contributed by atoms with Crippen molar-refractivity contribution in [2.45, 2.75) is 31.9 Å². The number of rotatable bonds is 8. The van der Waals surface area contributed by atoms with Gasteiger partial charge in [-0.25, -0.2) is 28.1 Å². The summed E-state index contributed by atoms with van der Waals surface area (Å²) < 4.78 is 43.4. The summed E-state index contributed by atoms with van der Waals surface area (Å²) in [6.45, 7) is 2.56. The summed E-state index contributed by atoms with van der Waals surface area (Å²) in [7, 11) is 0. The Morgan fingerprint density at radius 1 is 1.14 bits per heavy atom. The zero-order valence-electron chi connectivity index (χ0n) is 22.0. The van der Waals surface area contributed by atoms with Gasteiger partial charge in [0.1, 0.15) is 11.7 Å². The lowest BCUT2D eigenvalue weighted by molar-refractivity contribution is -0.119. The predicted octanol–water partition coefficient (Wildman–Crippen LogP) is 4.03. The summed E-state index contributed by atoms with van der Waals surface area (Å²) in [6.07, 6.45) is 6.49. The van der Waals surface area contributed by atoms with Crippen LogP contribution in [0.3, 0.4) is 0 Å². The van der Waals surface area contributed by atoms with Gasteiger partial charge in [-0.1, -0.05) is 17.7 Å². The molecule has 3 aromatic heterocycles. The van der Waals surface area contributed by atoms with E-state index in [0.29, 0.717) is 24.1 Å². The van der Waals surface area contributed by atoms with E-state index < -0.39 is 35.3 Å². The lowest BCUT2D eigenvalue weighted by Gasteiger charge is -2.25. The van der Waals surface area contributed by atoms with Crippen molar-refractivity contribution in [3.63, 3.8) is 0 Å². The molecule has 1 saturated heterocycles. The number of nitrogens with zero attached hydrogens (tertiary/aromatic N) is 7. The maximum atomic E-state index is 14.7. The smallest absolute Gasteiger partial charge is 0.275 e. The molecule has 42 heavy (non-hydrogen) atoms. The Balaban J connectivity index is 1.16. The van der Waals surface area contributed by atoms with Gasteiger partial charge < -0.3 is 16.0 Å². The normalized spacial score (nSPS) is 20.0. The van der Waals surface area contributed by atoms with Crippen LogP contribution < -0.4 is 16.0 Å². The molecule has 0 bridgehead atoms. The summed E-state index contributed by atoms with van der Waals surface area (Å²) in [5.41, 5.74) is 5.01. The van der Waals surface area contributed by atoms with Gasteiger partial charge in [0.25, 0.3) is 12.3 Å². The third-order valence-electron chi connectivity index (χ3n) is 7.58. The number of hydrogen-bond donors (Lipinski definition) is 2. The van der Waals surface area contributed by atoms with Gasteiger partial charge >= 0.3 is 0 Å². The van der Waals surface area contributed by atoms with Crippen molar-refractivity contribution in [1.29, 1.82) is 0 Å². The third-order valence-corrected chi connectivity index (χ3v) is 7.87. The first-order valence-corrected chi connectivity index (χ1v) is 13.3. The van der Waals surface area contributed by atoms with Crippen LogP contribution >= 0.6 is 11.6 Å². The highest BCUT2D eigenvalue weighted by molar-refractivity contribution is 6.31. The molecule has 216 valence electrons. The van der Waals surface area contributed by atoms with Crippen LogP contribution in [0, 0.1) is 17.7 Å². The summed E-state index contributed by atoms with van der Waals surface area (Å²) in [6, 6.07) is 1.32. The Labute approximate surface area is 241 Å². The minimum absolute atomic E-state index is 0.231. The van der Waals surface area contributed by atoms with E-state index in [1.807, 2.05) is 11.8 Å². The van der Waals surface area contributed by atoms with Crippen LogP contribution in [0.25, 0.3) is 11.3 Å². The summed E-state index contributed by atoms with van der Waals surface area (Å²) in [5.74, 6) is -1.01. The second-order valence-corrected chi connectivity index (χ2v) is 10.6. The van der Waals surface area contributed by atoms with E-state index in [2.05, 4.69) is 30.4 Å². The van der Waals surface area contributed by atoms with E-state index in [0.717, 1.165) is 36.5 Å². The number of amides is 2. The number of aromatic nitrogens is 6. The van der Waals surface area contributed by atoms with E-state index in [9.17, 15) is 22.8 Å². The molecule has 0 spiro atoms. The van der Waals surface area contributed by atoms with Crippen LogP contribution in [0.2, 0.25) is 5.02 Å². The highest BCUT2D eigenvalue weighted by atomic mass is 35.5. The molecule has 1 unspecified atom stereocenters. The molecule has 3 N–H and O–H groups in total. The predicted molar refractivity (Wildman–Crippen MR) is 145 cm³/mol. The van der Waals surface area contributed by atoms with Gasteiger partial charge in [-0.15, -0.1) is 0 Å². The van der Waals surface area contributed by atoms with E-state index >= 15 is 0 Å². The first kappa shape index (κ1) is 27.6. The van der Waals surface area contributed by atoms with E-state index in [4.69, 9.17) is 17.3 Å². The molecule has 4 heterocycles.